The molecule has 0 aromatic carbocycles. The van der Waals surface area contributed by atoms with E-state index in [4.69, 9.17) is 10.5 Å². The van der Waals surface area contributed by atoms with Crippen LogP contribution in [-0.4, -0.2) is 29.7 Å². The van der Waals surface area contributed by atoms with Crippen LogP contribution in [-0.2, 0) is 13.0 Å². The van der Waals surface area contributed by atoms with Gasteiger partial charge in [-0.25, -0.2) is 4.98 Å². The summed E-state index contributed by atoms with van der Waals surface area (Å²) >= 11 is 0. The van der Waals surface area contributed by atoms with E-state index in [0.29, 0.717) is 18.3 Å². The summed E-state index contributed by atoms with van der Waals surface area (Å²) < 4.78 is 5.51. The Morgan fingerprint density at radius 1 is 1.44 bits per heavy atom. The van der Waals surface area contributed by atoms with Crippen LogP contribution in [0.5, 0.6) is 5.88 Å². The normalized spacial score (nSPS) is 23.2. The summed E-state index contributed by atoms with van der Waals surface area (Å²) in [6.07, 6.45) is 2.08. The molecule has 3 N–H and O–H groups in total. The minimum atomic E-state index is 0.379. The molecular formula is C11H16N4O. The lowest BCUT2D eigenvalue weighted by Crippen LogP contribution is -2.13. The van der Waals surface area contributed by atoms with Crippen LogP contribution in [0.4, 0.5) is 0 Å². The molecule has 86 valence electrons. The second-order valence-electron chi connectivity index (χ2n) is 4.30. The van der Waals surface area contributed by atoms with Crippen LogP contribution in [0.1, 0.15) is 29.4 Å². The number of nitrogens with zero attached hydrogens (tertiary/aromatic N) is 2. The summed E-state index contributed by atoms with van der Waals surface area (Å²) in [6, 6.07) is 0. The molecular weight excluding hydrogens is 204 g/mol. The predicted octanol–water partition coefficient (Wildman–Crippen LogP) is -0.0529. The van der Waals surface area contributed by atoms with E-state index in [2.05, 4.69) is 15.3 Å². The quantitative estimate of drug-likeness (QED) is 0.731. The van der Waals surface area contributed by atoms with Gasteiger partial charge in [-0.3, -0.25) is 0 Å². The van der Waals surface area contributed by atoms with Crippen LogP contribution in [0.15, 0.2) is 0 Å². The largest absolute Gasteiger partial charge is 0.477 e. The van der Waals surface area contributed by atoms with E-state index in [0.717, 1.165) is 44.1 Å². The molecule has 0 spiro atoms. The Balaban J connectivity index is 2.04. The molecule has 1 saturated heterocycles. The van der Waals surface area contributed by atoms with Gasteiger partial charge in [-0.2, -0.15) is 4.98 Å². The monoisotopic (exact) mass is 220 g/mol. The Bertz CT molecular complexity index is 401. The number of ether oxygens (including phenoxy) is 1. The third-order valence-electron chi connectivity index (χ3n) is 3.27. The van der Waals surface area contributed by atoms with Gasteiger partial charge in [0.2, 0.25) is 5.88 Å². The molecule has 0 saturated carbocycles. The van der Waals surface area contributed by atoms with Crippen LogP contribution >= 0.6 is 0 Å². The van der Waals surface area contributed by atoms with Crippen molar-refractivity contribution in [1.82, 2.24) is 15.3 Å². The highest BCUT2D eigenvalue weighted by Gasteiger charge is 2.27. The zero-order valence-corrected chi connectivity index (χ0v) is 9.20. The Kier molecular flexibility index (Phi) is 2.49. The first-order valence-electron chi connectivity index (χ1n) is 5.81. The molecule has 1 unspecified atom stereocenters. The smallest absolute Gasteiger partial charge is 0.220 e. The fourth-order valence-electron chi connectivity index (χ4n) is 2.45. The van der Waals surface area contributed by atoms with Crippen molar-refractivity contribution >= 4 is 0 Å². The van der Waals surface area contributed by atoms with Gasteiger partial charge in [0.15, 0.2) is 0 Å². The molecule has 16 heavy (non-hydrogen) atoms. The molecule has 0 amide bonds. The van der Waals surface area contributed by atoms with Gasteiger partial charge < -0.3 is 15.8 Å². The highest BCUT2D eigenvalue weighted by Crippen LogP contribution is 2.32. The van der Waals surface area contributed by atoms with E-state index in [1.807, 2.05) is 0 Å². The average Bonchev–Trinajstić information content (AvgIpc) is 2.98. The topological polar surface area (TPSA) is 73.1 Å². The first kappa shape index (κ1) is 9.99. The molecule has 1 fully saturated rings. The van der Waals surface area contributed by atoms with Gasteiger partial charge in [0.05, 0.1) is 18.8 Å². The number of hydrogen-bond donors (Lipinski definition) is 2. The third-order valence-corrected chi connectivity index (χ3v) is 3.27. The van der Waals surface area contributed by atoms with E-state index in [1.165, 1.54) is 5.56 Å². The summed E-state index contributed by atoms with van der Waals surface area (Å²) in [6.45, 7) is 3.19. The number of nitrogens with two attached hydrogens (primary N) is 1. The van der Waals surface area contributed by atoms with Crippen LogP contribution < -0.4 is 15.8 Å². The summed E-state index contributed by atoms with van der Waals surface area (Å²) in [4.78, 5) is 8.91. The van der Waals surface area contributed by atoms with Crippen LogP contribution in [0.3, 0.4) is 0 Å². The Hall–Kier alpha value is -1.20. The summed E-state index contributed by atoms with van der Waals surface area (Å²) in [7, 11) is 0. The Morgan fingerprint density at radius 2 is 2.38 bits per heavy atom. The first-order chi connectivity index (χ1) is 7.88. The van der Waals surface area contributed by atoms with Crippen molar-refractivity contribution < 1.29 is 4.74 Å². The highest BCUT2D eigenvalue weighted by atomic mass is 16.5. The SMILES string of the molecule is NCc1nc2c(c(C3CCNC3)n1)CCO2. The fourth-order valence-corrected chi connectivity index (χ4v) is 2.45. The van der Waals surface area contributed by atoms with Crippen molar-refractivity contribution in [3.8, 4) is 5.88 Å². The van der Waals surface area contributed by atoms with Crippen LogP contribution in [0, 0.1) is 0 Å². The van der Waals surface area contributed by atoms with Gasteiger partial charge >= 0.3 is 0 Å². The Labute approximate surface area is 94.4 Å². The van der Waals surface area contributed by atoms with Crippen molar-refractivity contribution in [1.29, 1.82) is 0 Å². The number of aromatic nitrogens is 2. The molecule has 0 bridgehead atoms. The molecule has 3 heterocycles. The molecule has 1 atom stereocenters. The molecule has 5 nitrogen and oxygen atoms in total. The molecule has 1 aromatic heterocycles. The van der Waals surface area contributed by atoms with Crippen LogP contribution in [0.25, 0.3) is 0 Å². The zero-order valence-electron chi connectivity index (χ0n) is 9.20. The molecule has 5 heteroatoms. The van der Waals surface area contributed by atoms with Crippen molar-refractivity contribution in [2.24, 2.45) is 5.73 Å². The van der Waals surface area contributed by atoms with Crippen molar-refractivity contribution in [3.05, 3.63) is 17.1 Å². The standard InChI is InChI=1S/C11H16N4O/c12-5-9-14-10(7-1-3-13-6-7)8-2-4-16-11(8)15-9/h7,13H,1-6,12H2. The Morgan fingerprint density at radius 3 is 3.12 bits per heavy atom. The van der Waals surface area contributed by atoms with Crippen LogP contribution in [0.2, 0.25) is 0 Å². The van der Waals surface area contributed by atoms with E-state index in [1.54, 1.807) is 0 Å². The summed E-state index contributed by atoms with van der Waals surface area (Å²) in [5.41, 5.74) is 7.98. The van der Waals surface area contributed by atoms with E-state index >= 15 is 0 Å². The molecule has 2 aliphatic heterocycles. The zero-order chi connectivity index (χ0) is 11.0. The number of fused-ring (bicyclic) bond motifs is 1. The summed E-state index contributed by atoms with van der Waals surface area (Å²) in [5.74, 6) is 1.96. The predicted molar refractivity (Wildman–Crippen MR) is 59.4 cm³/mol. The second kappa shape index (κ2) is 3.99. The lowest BCUT2D eigenvalue weighted by Gasteiger charge is -2.12. The number of rotatable bonds is 2. The van der Waals surface area contributed by atoms with Crippen molar-refractivity contribution in [2.75, 3.05) is 19.7 Å². The van der Waals surface area contributed by atoms with Gasteiger partial charge in [0.25, 0.3) is 0 Å². The second-order valence-corrected chi connectivity index (χ2v) is 4.30. The van der Waals surface area contributed by atoms with Gasteiger partial charge in [0, 0.05) is 24.4 Å². The van der Waals surface area contributed by atoms with E-state index in [9.17, 15) is 0 Å². The molecule has 0 radical (unpaired) electrons. The molecule has 0 aliphatic carbocycles. The van der Waals surface area contributed by atoms with Crippen molar-refractivity contribution in [3.63, 3.8) is 0 Å². The first-order valence-corrected chi connectivity index (χ1v) is 5.81. The highest BCUT2D eigenvalue weighted by molar-refractivity contribution is 5.36. The minimum absolute atomic E-state index is 0.379. The summed E-state index contributed by atoms with van der Waals surface area (Å²) in [5, 5.41) is 3.37. The van der Waals surface area contributed by atoms with Crippen molar-refractivity contribution in [2.45, 2.75) is 25.3 Å². The lowest BCUT2D eigenvalue weighted by atomic mass is 9.99. The maximum Gasteiger partial charge on any atom is 0.220 e. The van der Waals surface area contributed by atoms with E-state index < -0.39 is 0 Å². The van der Waals surface area contributed by atoms with Gasteiger partial charge in [0.1, 0.15) is 5.82 Å². The average molecular weight is 220 g/mol. The number of hydrogen-bond acceptors (Lipinski definition) is 5. The third kappa shape index (κ3) is 1.56. The van der Waals surface area contributed by atoms with Gasteiger partial charge in [-0.05, 0) is 13.0 Å². The number of nitrogens with one attached hydrogen (secondary N) is 1. The molecule has 2 aliphatic rings. The molecule has 3 rings (SSSR count). The minimum Gasteiger partial charge on any atom is -0.477 e. The van der Waals surface area contributed by atoms with Gasteiger partial charge in [-0.15, -0.1) is 0 Å². The molecule has 1 aromatic rings. The fraction of sp³-hybridized carbons (Fsp3) is 0.636. The van der Waals surface area contributed by atoms with E-state index in [-0.39, 0.29) is 0 Å². The maximum absolute atomic E-state index is 5.62. The lowest BCUT2D eigenvalue weighted by molar-refractivity contribution is 0.343. The van der Waals surface area contributed by atoms with Gasteiger partial charge in [-0.1, -0.05) is 0 Å². The maximum atomic E-state index is 5.62.